The largest absolute Gasteiger partial charge is 0.461 e. The molecule has 0 radical (unpaired) electrons. The molecule has 1 saturated heterocycles. The molecule has 2 aromatic rings. The molecule has 1 atom stereocenters. The number of fused-ring (bicyclic) bond motifs is 1. The Labute approximate surface area is 164 Å². The van der Waals surface area contributed by atoms with Crippen molar-refractivity contribution >= 4 is 17.5 Å². The van der Waals surface area contributed by atoms with Crippen LogP contribution in [0.2, 0.25) is 0 Å². The van der Waals surface area contributed by atoms with Gasteiger partial charge < -0.3 is 14.5 Å². The number of anilines is 2. The maximum Gasteiger partial charge on any atom is 0.356 e. The molecule has 2 aliphatic heterocycles. The lowest BCUT2D eigenvalue weighted by atomic mass is 10.0. The molecule has 0 spiro atoms. The Morgan fingerprint density at radius 2 is 2.11 bits per heavy atom. The van der Waals surface area contributed by atoms with E-state index in [1.54, 1.807) is 13.1 Å². The highest BCUT2D eigenvalue weighted by molar-refractivity contribution is 5.87. The number of rotatable bonds is 4. The van der Waals surface area contributed by atoms with Crippen molar-refractivity contribution in [1.82, 2.24) is 9.97 Å². The van der Waals surface area contributed by atoms with Gasteiger partial charge in [-0.2, -0.15) is 4.39 Å². The monoisotopic (exact) mass is 384 g/mol. The molecule has 28 heavy (non-hydrogen) atoms. The molecule has 0 bridgehead atoms. The van der Waals surface area contributed by atoms with Crippen molar-refractivity contribution < 1.29 is 13.9 Å². The molecule has 0 saturated carbocycles. The van der Waals surface area contributed by atoms with Crippen molar-refractivity contribution in [2.45, 2.75) is 33.2 Å². The maximum absolute atomic E-state index is 14.2. The van der Waals surface area contributed by atoms with Crippen molar-refractivity contribution in [1.29, 1.82) is 0 Å². The molecule has 148 valence electrons. The Morgan fingerprint density at radius 1 is 1.25 bits per heavy atom. The predicted molar refractivity (Wildman–Crippen MR) is 105 cm³/mol. The van der Waals surface area contributed by atoms with Gasteiger partial charge in [-0.05, 0) is 42.9 Å². The summed E-state index contributed by atoms with van der Waals surface area (Å²) in [7, 11) is 0. The third-order valence-electron chi connectivity index (χ3n) is 5.46. The van der Waals surface area contributed by atoms with Gasteiger partial charge in [0.2, 0.25) is 5.95 Å². The lowest BCUT2D eigenvalue weighted by molar-refractivity contribution is 0.0519. The van der Waals surface area contributed by atoms with Gasteiger partial charge in [0.1, 0.15) is 11.5 Å². The Kier molecular flexibility index (Phi) is 5.15. The minimum atomic E-state index is -0.450. The molecule has 0 N–H and O–H groups in total. The number of esters is 1. The Morgan fingerprint density at radius 3 is 2.86 bits per heavy atom. The zero-order valence-electron chi connectivity index (χ0n) is 16.3. The molecule has 6 nitrogen and oxygen atoms in total. The van der Waals surface area contributed by atoms with Crippen LogP contribution in [0.1, 0.15) is 41.9 Å². The van der Waals surface area contributed by atoms with E-state index in [1.165, 1.54) is 6.07 Å². The average molecular weight is 384 g/mol. The van der Waals surface area contributed by atoms with E-state index >= 15 is 0 Å². The molecule has 7 heteroatoms. The van der Waals surface area contributed by atoms with E-state index in [9.17, 15) is 9.18 Å². The molecule has 4 heterocycles. The van der Waals surface area contributed by atoms with Crippen molar-refractivity contribution in [2.75, 3.05) is 36.0 Å². The van der Waals surface area contributed by atoms with E-state index in [0.29, 0.717) is 30.6 Å². The number of aromatic nitrogens is 2. The molecule has 2 aromatic heterocycles. The van der Waals surface area contributed by atoms with Gasteiger partial charge in [0.25, 0.3) is 0 Å². The van der Waals surface area contributed by atoms with Gasteiger partial charge in [0.15, 0.2) is 0 Å². The second-order valence-electron chi connectivity index (χ2n) is 7.58. The lowest BCUT2D eigenvalue weighted by Gasteiger charge is -2.31. The molecule has 4 rings (SSSR count). The predicted octanol–water partition coefficient (Wildman–Crippen LogP) is 3.20. The summed E-state index contributed by atoms with van der Waals surface area (Å²) in [5, 5.41) is 0. The van der Waals surface area contributed by atoms with Gasteiger partial charge in [0.05, 0.1) is 6.61 Å². The van der Waals surface area contributed by atoms with Crippen LogP contribution >= 0.6 is 0 Å². The van der Waals surface area contributed by atoms with Crippen LogP contribution in [0.5, 0.6) is 0 Å². The molecule has 2 aliphatic rings. The quantitative estimate of drug-likeness (QED) is 0.596. The van der Waals surface area contributed by atoms with Crippen LogP contribution in [0.3, 0.4) is 0 Å². The van der Waals surface area contributed by atoms with Crippen molar-refractivity contribution in [3.63, 3.8) is 0 Å². The fourth-order valence-electron chi connectivity index (χ4n) is 3.94. The highest BCUT2D eigenvalue weighted by Gasteiger charge is 2.24. The first kappa shape index (κ1) is 18.7. The minimum Gasteiger partial charge on any atom is -0.461 e. The number of hydrogen-bond donors (Lipinski definition) is 0. The van der Waals surface area contributed by atoms with Gasteiger partial charge in [-0.15, -0.1) is 0 Å². The van der Waals surface area contributed by atoms with Gasteiger partial charge in [-0.25, -0.2) is 14.8 Å². The molecule has 0 aromatic carbocycles. The third kappa shape index (κ3) is 3.79. The second-order valence-corrected chi connectivity index (χ2v) is 7.58. The first-order valence-corrected chi connectivity index (χ1v) is 9.86. The topological polar surface area (TPSA) is 58.6 Å². The van der Waals surface area contributed by atoms with Crippen LogP contribution in [0.15, 0.2) is 24.4 Å². The number of carbonyl (C=O) groups is 1. The highest BCUT2D eigenvalue weighted by atomic mass is 19.1. The first-order valence-electron chi connectivity index (χ1n) is 9.86. The zero-order valence-corrected chi connectivity index (χ0v) is 16.3. The van der Waals surface area contributed by atoms with E-state index in [-0.39, 0.29) is 0 Å². The average Bonchev–Trinajstić information content (AvgIpc) is 3.13. The van der Waals surface area contributed by atoms with Crippen molar-refractivity contribution in [3.05, 3.63) is 47.2 Å². The Bertz CT molecular complexity index is 889. The second kappa shape index (κ2) is 7.73. The number of carbonyl (C=O) groups excluding carboxylic acids is 1. The fourth-order valence-corrected chi connectivity index (χ4v) is 3.94. The van der Waals surface area contributed by atoms with Crippen LogP contribution < -0.4 is 9.80 Å². The Balaban J connectivity index is 1.54. The molecule has 1 unspecified atom stereocenters. The number of halogens is 1. The smallest absolute Gasteiger partial charge is 0.356 e. The normalized spacial score (nSPS) is 18.9. The minimum absolute atomic E-state index is 0.330. The molecular weight excluding hydrogens is 359 g/mol. The van der Waals surface area contributed by atoms with Gasteiger partial charge >= 0.3 is 5.97 Å². The van der Waals surface area contributed by atoms with Crippen LogP contribution in [0.25, 0.3) is 0 Å². The standard InChI is InChI=1S/C21H25FN4O2/c1-3-28-21(27)18-8-15-5-7-25(13-16(15)11-23-18)17-9-19(22)24-20(10-17)26-6-4-14(2)12-26/h8-11,14H,3-7,12-13H2,1-2H3. The van der Waals surface area contributed by atoms with Gasteiger partial charge in [-0.1, -0.05) is 6.92 Å². The van der Waals surface area contributed by atoms with E-state index in [4.69, 9.17) is 4.74 Å². The Hall–Kier alpha value is -2.70. The third-order valence-corrected chi connectivity index (χ3v) is 5.46. The summed E-state index contributed by atoms with van der Waals surface area (Å²) < 4.78 is 19.2. The van der Waals surface area contributed by atoms with Crippen LogP contribution in [-0.2, 0) is 17.7 Å². The van der Waals surface area contributed by atoms with Gasteiger partial charge in [0, 0.05) is 50.2 Å². The van der Waals surface area contributed by atoms with Gasteiger partial charge in [-0.3, -0.25) is 0 Å². The number of ether oxygens (including phenoxy) is 1. The van der Waals surface area contributed by atoms with E-state index in [1.807, 2.05) is 12.1 Å². The molecule has 0 aliphatic carbocycles. The SMILES string of the molecule is CCOC(=O)c1cc2c(cn1)CN(c1cc(F)nc(N3CCC(C)C3)c1)CC2. The van der Waals surface area contributed by atoms with E-state index < -0.39 is 11.9 Å². The number of hydrogen-bond acceptors (Lipinski definition) is 6. The molecule has 1 fully saturated rings. The summed E-state index contributed by atoms with van der Waals surface area (Å²) in [6, 6.07) is 5.29. The molecular formula is C21H25FN4O2. The summed E-state index contributed by atoms with van der Waals surface area (Å²) in [6.45, 7) is 7.53. The first-order chi connectivity index (χ1) is 13.5. The summed E-state index contributed by atoms with van der Waals surface area (Å²) >= 11 is 0. The van der Waals surface area contributed by atoms with E-state index in [0.717, 1.165) is 49.3 Å². The summed E-state index contributed by atoms with van der Waals surface area (Å²) in [5.74, 6) is 0.470. The van der Waals surface area contributed by atoms with E-state index in [2.05, 4.69) is 26.7 Å². The summed E-state index contributed by atoms with van der Waals surface area (Å²) in [4.78, 5) is 24.5. The number of pyridine rings is 2. The van der Waals surface area contributed by atoms with Crippen LogP contribution in [0.4, 0.5) is 15.9 Å². The number of nitrogens with zero attached hydrogens (tertiary/aromatic N) is 4. The highest BCUT2D eigenvalue weighted by Crippen LogP contribution is 2.29. The van der Waals surface area contributed by atoms with Crippen LogP contribution in [0, 0.1) is 11.9 Å². The maximum atomic E-state index is 14.2. The molecule has 0 amide bonds. The van der Waals surface area contributed by atoms with Crippen LogP contribution in [-0.4, -0.2) is 42.2 Å². The fraction of sp³-hybridized carbons (Fsp3) is 0.476. The van der Waals surface area contributed by atoms with Crippen molar-refractivity contribution in [3.8, 4) is 0 Å². The van der Waals surface area contributed by atoms with Crippen molar-refractivity contribution in [2.24, 2.45) is 5.92 Å². The summed E-state index contributed by atoms with van der Waals surface area (Å²) in [5.41, 5.74) is 3.32. The zero-order chi connectivity index (χ0) is 19.7. The lowest BCUT2D eigenvalue weighted by Crippen LogP contribution is -2.31. The summed E-state index contributed by atoms with van der Waals surface area (Å²) in [6.07, 6.45) is 3.61.